The lowest BCUT2D eigenvalue weighted by Gasteiger charge is -2.26. The van der Waals surface area contributed by atoms with E-state index in [0.29, 0.717) is 44.3 Å². The van der Waals surface area contributed by atoms with Crippen LogP contribution in [0.5, 0.6) is 0 Å². The van der Waals surface area contributed by atoms with Gasteiger partial charge in [0.25, 0.3) is 16.7 Å². The van der Waals surface area contributed by atoms with Gasteiger partial charge in [0.2, 0.25) is 17.7 Å². The highest BCUT2D eigenvalue weighted by Crippen LogP contribution is 2.33. The highest BCUT2D eigenvalue weighted by molar-refractivity contribution is 7.15. The summed E-state index contributed by atoms with van der Waals surface area (Å²) in [7, 11) is 0. The Morgan fingerprint density at radius 1 is 0.625 bits per heavy atom. The second-order valence-corrected chi connectivity index (χ2v) is 21.8. The van der Waals surface area contributed by atoms with Gasteiger partial charge in [0.1, 0.15) is 47.5 Å². The maximum Gasteiger partial charge on any atom is 0.275 e. The van der Waals surface area contributed by atoms with E-state index in [1.807, 2.05) is 45.0 Å². The number of aromatic nitrogens is 7. The van der Waals surface area contributed by atoms with Crippen LogP contribution in [0.25, 0.3) is 43.0 Å². The van der Waals surface area contributed by atoms with Gasteiger partial charge in [-0.25, -0.2) is 23.4 Å². The maximum atomic E-state index is 14.4. The molecule has 0 spiro atoms. The van der Waals surface area contributed by atoms with Crippen LogP contribution in [0, 0.1) is 26.6 Å². The fourth-order valence-electron chi connectivity index (χ4n) is 7.66. The summed E-state index contributed by atoms with van der Waals surface area (Å²) in [5, 5.41) is 22.8. The molecule has 0 saturated carbocycles. The summed E-state index contributed by atoms with van der Waals surface area (Å²) in [4.78, 5) is 89.9. The first-order valence-corrected chi connectivity index (χ1v) is 25.5. The van der Waals surface area contributed by atoms with Gasteiger partial charge in [0.05, 0.1) is 20.3 Å². The zero-order valence-corrected chi connectivity index (χ0v) is 43.0. The van der Waals surface area contributed by atoms with E-state index in [1.165, 1.54) is 46.1 Å². The summed E-state index contributed by atoms with van der Waals surface area (Å²) in [6.45, 7) is 8.10. The molecule has 370 valence electrons. The van der Waals surface area contributed by atoms with Crippen LogP contribution >= 0.6 is 45.6 Å². The number of amides is 3. The Morgan fingerprint density at radius 3 is 1.86 bits per heavy atom. The fourth-order valence-corrected chi connectivity index (χ4v) is 10.3. The highest BCUT2D eigenvalue weighted by atomic mass is 35.5. The molecule has 2 aromatic carbocycles. The molecule has 6 heterocycles. The number of carbonyl (C=O) groups is 3. The molecular formula is C51H48ClFN10O6S3. The molecule has 6 aromatic heterocycles. The molecule has 0 radical (unpaired) electrons. The SMILES string of the molecule is Cc1ccc(-c2cc(CCC(C)(C)NC(=O)Cn3nc(-c4ccc(C)s4)cc(-c4cccc(CNC(=O)Cn5nc(-c6ncc(C)s6)ccc5=O)c4Cl)c3=O)c(=O)n(CC(=O)NCc3ccccc3F)n2)s1. The molecule has 0 atom stereocenters. The first-order valence-electron chi connectivity index (χ1n) is 22.6. The van der Waals surface area contributed by atoms with Gasteiger partial charge in [-0.2, -0.15) is 15.3 Å². The van der Waals surface area contributed by atoms with E-state index in [4.69, 9.17) is 11.6 Å². The average molecular weight is 1050 g/mol. The second-order valence-electron chi connectivity index (χ2n) is 17.6. The number of hydrogen-bond acceptors (Lipinski definition) is 13. The molecule has 0 unspecified atom stereocenters. The third-order valence-corrected chi connectivity index (χ3v) is 14.8. The lowest BCUT2D eigenvalue weighted by Crippen LogP contribution is -2.46. The van der Waals surface area contributed by atoms with Crippen molar-refractivity contribution in [3.63, 3.8) is 0 Å². The van der Waals surface area contributed by atoms with E-state index in [9.17, 15) is 33.2 Å². The smallest absolute Gasteiger partial charge is 0.275 e. The Kier molecular flexibility index (Phi) is 15.6. The molecule has 21 heteroatoms. The van der Waals surface area contributed by atoms with Crippen LogP contribution in [-0.4, -0.2) is 57.6 Å². The lowest BCUT2D eigenvalue weighted by molar-refractivity contribution is -0.124. The minimum atomic E-state index is -0.904. The molecule has 0 aliphatic rings. The van der Waals surface area contributed by atoms with Gasteiger partial charge >= 0.3 is 0 Å². The normalized spacial score (nSPS) is 11.4. The van der Waals surface area contributed by atoms with Gasteiger partial charge in [-0.15, -0.1) is 34.0 Å². The number of halogens is 2. The van der Waals surface area contributed by atoms with E-state index in [2.05, 4.69) is 36.2 Å². The number of nitrogens with one attached hydrogen (secondary N) is 3. The zero-order valence-electron chi connectivity index (χ0n) is 39.7. The minimum Gasteiger partial charge on any atom is -0.350 e. The first kappa shape index (κ1) is 51.1. The number of rotatable bonds is 18. The quantitative estimate of drug-likeness (QED) is 0.0773. The Hall–Kier alpha value is -7.26. The third kappa shape index (κ3) is 12.4. The van der Waals surface area contributed by atoms with Crippen molar-refractivity contribution in [2.45, 2.75) is 85.7 Å². The predicted octanol–water partition coefficient (Wildman–Crippen LogP) is 7.48. The van der Waals surface area contributed by atoms with Crippen molar-refractivity contribution in [3.05, 3.63) is 170 Å². The van der Waals surface area contributed by atoms with Crippen molar-refractivity contribution >= 4 is 63.3 Å². The van der Waals surface area contributed by atoms with Gasteiger partial charge in [-0.3, -0.25) is 28.8 Å². The molecule has 8 aromatic rings. The minimum absolute atomic E-state index is 0.0336. The molecule has 3 amide bonds. The number of carbonyl (C=O) groups excluding carboxylic acids is 3. The van der Waals surface area contributed by atoms with Gasteiger partial charge in [0.15, 0.2) is 0 Å². The van der Waals surface area contributed by atoms with Crippen LogP contribution in [0.4, 0.5) is 4.39 Å². The van der Waals surface area contributed by atoms with Crippen molar-refractivity contribution in [2.24, 2.45) is 0 Å². The van der Waals surface area contributed by atoms with Crippen molar-refractivity contribution in [3.8, 4) is 43.0 Å². The summed E-state index contributed by atoms with van der Waals surface area (Å²) < 4.78 is 17.5. The van der Waals surface area contributed by atoms with Crippen molar-refractivity contribution in [1.29, 1.82) is 0 Å². The molecule has 0 bridgehead atoms. The van der Waals surface area contributed by atoms with Crippen LogP contribution in [0.2, 0.25) is 5.02 Å². The van der Waals surface area contributed by atoms with Gasteiger partial charge in [-0.05, 0) is 102 Å². The summed E-state index contributed by atoms with van der Waals surface area (Å²) >= 11 is 11.4. The largest absolute Gasteiger partial charge is 0.350 e. The van der Waals surface area contributed by atoms with Gasteiger partial charge in [-0.1, -0.05) is 48.0 Å². The van der Waals surface area contributed by atoms with Crippen LogP contribution in [0.3, 0.4) is 0 Å². The topological polar surface area (TPSA) is 205 Å². The van der Waals surface area contributed by atoms with Crippen molar-refractivity contribution < 1.29 is 18.8 Å². The van der Waals surface area contributed by atoms with E-state index >= 15 is 0 Å². The standard InChI is InChI=1S/C51H48ClFN10O6S3/c1-29-13-16-41(70-29)39-21-32(49(68)62(59-39)27-44(65)54-24-33-9-6-7-12-37(33)53)19-20-51(4,5)57-45(66)28-63-50(69)36(22-40(60-63)42-17-14-30(2)71-42)35-11-8-10-34(47(35)52)25-55-43(64)26-61-46(67)18-15-38(58-61)48-56-23-31(3)72-48/h6-18,21-23H,19-20,24-28H2,1-5H3,(H,54,65)(H,55,64)(H,57,66). The average Bonchev–Trinajstić information content (AvgIpc) is 4.11. The molecule has 0 aliphatic carbocycles. The number of hydrogen-bond donors (Lipinski definition) is 3. The van der Waals surface area contributed by atoms with Crippen LogP contribution in [-0.2, 0) is 53.5 Å². The number of nitrogens with zero attached hydrogens (tertiary/aromatic N) is 7. The molecule has 0 fully saturated rings. The van der Waals surface area contributed by atoms with Crippen LogP contribution in [0.15, 0.2) is 112 Å². The lowest BCUT2D eigenvalue weighted by atomic mass is 9.95. The Morgan fingerprint density at radius 2 is 1.22 bits per heavy atom. The molecule has 3 N–H and O–H groups in total. The number of aryl methyl sites for hydroxylation is 4. The summed E-state index contributed by atoms with van der Waals surface area (Å²) in [6, 6.07) is 25.0. The van der Waals surface area contributed by atoms with E-state index in [1.54, 1.807) is 74.6 Å². The maximum absolute atomic E-state index is 14.4. The van der Waals surface area contributed by atoms with E-state index < -0.39 is 58.8 Å². The highest BCUT2D eigenvalue weighted by Gasteiger charge is 2.25. The van der Waals surface area contributed by atoms with Crippen LogP contribution < -0.4 is 32.6 Å². The van der Waals surface area contributed by atoms with Crippen molar-refractivity contribution in [1.82, 2.24) is 50.3 Å². The molecule has 72 heavy (non-hydrogen) atoms. The molecule has 16 nitrogen and oxygen atoms in total. The van der Waals surface area contributed by atoms with Gasteiger partial charge < -0.3 is 16.0 Å². The molecular weight excluding hydrogens is 999 g/mol. The predicted molar refractivity (Wildman–Crippen MR) is 279 cm³/mol. The molecule has 0 saturated heterocycles. The number of thiophene rings is 2. The third-order valence-electron chi connectivity index (χ3n) is 11.4. The number of benzene rings is 2. The Bertz CT molecular complexity index is 3540. The van der Waals surface area contributed by atoms with Gasteiger partial charge in [0, 0.05) is 62.2 Å². The Balaban J connectivity index is 0.981. The Labute approximate surface area is 429 Å². The summed E-state index contributed by atoms with van der Waals surface area (Å²) in [5.74, 6) is -2.00. The monoisotopic (exact) mass is 1050 g/mol. The summed E-state index contributed by atoms with van der Waals surface area (Å²) in [5.41, 5.74) is 0.657. The number of thiazole rings is 1. The summed E-state index contributed by atoms with van der Waals surface area (Å²) in [6.07, 6.45) is 2.19. The molecule has 0 aliphatic heterocycles. The fraction of sp³-hybridized carbons (Fsp3) is 0.255. The first-order chi connectivity index (χ1) is 34.4. The van der Waals surface area contributed by atoms with E-state index in [0.717, 1.165) is 38.4 Å². The van der Waals surface area contributed by atoms with Crippen molar-refractivity contribution in [2.75, 3.05) is 0 Å². The molecule has 8 rings (SSSR count). The van der Waals surface area contributed by atoms with E-state index in [-0.39, 0.29) is 43.1 Å². The second kappa shape index (κ2) is 22.0. The van der Waals surface area contributed by atoms with Crippen LogP contribution in [0.1, 0.15) is 51.6 Å². The zero-order chi connectivity index (χ0) is 51.3.